The molecule has 0 saturated carbocycles. The van der Waals surface area contributed by atoms with E-state index in [9.17, 15) is 0 Å². The number of hydrogen-bond acceptors (Lipinski definition) is 4. The standard InChI is InChI=1S/C22H21BN2O2/c1-12-8-6-10-14-16(12)23-17-13(2)9-7-11-15(17)27-20-18(23)19(26-14)24-21(25-20)22(3,4)5/h6-11H,1-5H3. The van der Waals surface area contributed by atoms with Crippen LogP contribution in [0.2, 0.25) is 0 Å². The molecule has 134 valence electrons. The largest absolute Gasteiger partial charge is 0.440 e. The van der Waals surface area contributed by atoms with Crippen LogP contribution < -0.4 is 25.9 Å². The van der Waals surface area contributed by atoms with E-state index in [1.807, 2.05) is 24.3 Å². The molecule has 4 nitrogen and oxygen atoms in total. The maximum atomic E-state index is 6.26. The van der Waals surface area contributed by atoms with E-state index in [2.05, 4.69) is 46.8 Å². The molecule has 0 saturated heterocycles. The molecule has 0 radical (unpaired) electrons. The van der Waals surface area contributed by atoms with E-state index in [1.54, 1.807) is 0 Å². The summed E-state index contributed by atoms with van der Waals surface area (Å²) >= 11 is 0. The first-order valence-corrected chi connectivity index (χ1v) is 9.31. The summed E-state index contributed by atoms with van der Waals surface area (Å²) < 4.78 is 12.5. The molecule has 0 aliphatic carbocycles. The number of aryl methyl sites for hydroxylation is 2. The van der Waals surface area contributed by atoms with Crippen LogP contribution in [0.4, 0.5) is 0 Å². The Labute approximate surface area is 159 Å². The number of benzene rings is 2. The van der Waals surface area contributed by atoms with E-state index >= 15 is 0 Å². The first kappa shape index (κ1) is 16.4. The Morgan fingerprint density at radius 2 is 1.22 bits per heavy atom. The van der Waals surface area contributed by atoms with Gasteiger partial charge in [-0.25, -0.2) is 0 Å². The number of fused-ring (bicyclic) bond motifs is 4. The molecule has 0 spiro atoms. The molecule has 2 aliphatic rings. The van der Waals surface area contributed by atoms with Gasteiger partial charge < -0.3 is 9.47 Å². The molecule has 2 aliphatic heterocycles. The molecular weight excluding hydrogens is 335 g/mol. The van der Waals surface area contributed by atoms with E-state index in [4.69, 9.17) is 19.4 Å². The summed E-state index contributed by atoms with van der Waals surface area (Å²) in [5.74, 6) is 3.69. The third kappa shape index (κ3) is 2.31. The van der Waals surface area contributed by atoms with E-state index in [1.165, 1.54) is 22.1 Å². The van der Waals surface area contributed by atoms with Gasteiger partial charge in [-0.05, 0) is 36.9 Å². The molecule has 27 heavy (non-hydrogen) atoms. The first-order valence-electron chi connectivity index (χ1n) is 9.31. The van der Waals surface area contributed by atoms with E-state index in [0.717, 1.165) is 22.8 Å². The van der Waals surface area contributed by atoms with Crippen LogP contribution in [0, 0.1) is 13.8 Å². The zero-order chi connectivity index (χ0) is 18.9. The van der Waals surface area contributed by atoms with Crippen molar-refractivity contribution in [2.45, 2.75) is 40.0 Å². The van der Waals surface area contributed by atoms with Crippen molar-refractivity contribution in [2.75, 3.05) is 0 Å². The fourth-order valence-corrected chi connectivity index (χ4v) is 4.03. The number of rotatable bonds is 0. The molecule has 1 aromatic heterocycles. The second-order valence-electron chi connectivity index (χ2n) is 8.43. The number of hydrogen-bond donors (Lipinski definition) is 0. The van der Waals surface area contributed by atoms with Crippen molar-refractivity contribution in [1.82, 2.24) is 9.97 Å². The summed E-state index contributed by atoms with van der Waals surface area (Å²) in [5.41, 5.74) is 5.49. The normalized spacial score (nSPS) is 13.9. The van der Waals surface area contributed by atoms with Gasteiger partial charge in [0, 0.05) is 5.41 Å². The van der Waals surface area contributed by atoms with Gasteiger partial charge in [-0.1, -0.05) is 56.2 Å². The van der Waals surface area contributed by atoms with Crippen LogP contribution in [0.1, 0.15) is 37.7 Å². The Kier molecular flexibility index (Phi) is 3.24. The van der Waals surface area contributed by atoms with Crippen LogP contribution in [0.5, 0.6) is 23.3 Å². The van der Waals surface area contributed by atoms with Gasteiger partial charge in [0.2, 0.25) is 11.8 Å². The second-order valence-corrected chi connectivity index (χ2v) is 8.43. The molecule has 2 aromatic carbocycles. The van der Waals surface area contributed by atoms with E-state index in [0.29, 0.717) is 11.8 Å². The maximum absolute atomic E-state index is 6.26. The average Bonchev–Trinajstić information content (AvgIpc) is 2.60. The Hall–Kier alpha value is -2.82. The molecule has 0 bridgehead atoms. The molecule has 5 rings (SSSR count). The Bertz CT molecular complexity index is 1030. The molecule has 3 aromatic rings. The van der Waals surface area contributed by atoms with Crippen LogP contribution >= 0.6 is 0 Å². The minimum absolute atomic E-state index is 0.0268. The molecule has 0 amide bonds. The maximum Gasteiger partial charge on any atom is 0.265 e. The summed E-state index contributed by atoms with van der Waals surface area (Å²) in [5, 5.41) is 0. The first-order chi connectivity index (χ1) is 12.8. The van der Waals surface area contributed by atoms with E-state index in [-0.39, 0.29) is 12.1 Å². The lowest BCUT2D eigenvalue weighted by atomic mass is 9.34. The molecule has 5 heteroatoms. The number of ether oxygens (including phenoxy) is 2. The minimum atomic E-state index is -0.201. The molecule has 0 fully saturated rings. The molecule has 0 unspecified atom stereocenters. The zero-order valence-corrected chi connectivity index (χ0v) is 16.3. The van der Waals surface area contributed by atoms with Crippen molar-refractivity contribution in [2.24, 2.45) is 0 Å². The van der Waals surface area contributed by atoms with Crippen LogP contribution in [-0.4, -0.2) is 16.7 Å². The monoisotopic (exact) mass is 356 g/mol. The summed E-state index contributed by atoms with van der Waals surface area (Å²) in [7, 11) is 0. The van der Waals surface area contributed by atoms with Gasteiger partial charge in [0.25, 0.3) is 6.71 Å². The molecular formula is C22H21BN2O2. The van der Waals surface area contributed by atoms with Gasteiger partial charge in [0.1, 0.15) is 17.3 Å². The van der Waals surface area contributed by atoms with Crippen molar-refractivity contribution in [3.05, 3.63) is 53.3 Å². The predicted octanol–water partition coefficient (Wildman–Crippen LogP) is 3.12. The highest BCUT2D eigenvalue weighted by Crippen LogP contribution is 2.35. The van der Waals surface area contributed by atoms with Crippen LogP contribution in [0.15, 0.2) is 36.4 Å². The Balaban J connectivity index is 1.87. The van der Waals surface area contributed by atoms with Gasteiger partial charge in [-0.15, -0.1) is 0 Å². The van der Waals surface area contributed by atoms with Crippen molar-refractivity contribution < 1.29 is 9.47 Å². The van der Waals surface area contributed by atoms with E-state index < -0.39 is 0 Å². The molecule has 0 N–H and O–H groups in total. The van der Waals surface area contributed by atoms with Gasteiger partial charge >= 0.3 is 0 Å². The number of nitrogens with zero attached hydrogens (tertiary/aromatic N) is 2. The average molecular weight is 356 g/mol. The molecule has 3 heterocycles. The summed E-state index contributed by atoms with van der Waals surface area (Å²) in [4.78, 5) is 9.59. The quantitative estimate of drug-likeness (QED) is 0.400. The van der Waals surface area contributed by atoms with Gasteiger partial charge in [0.15, 0.2) is 0 Å². The smallest absolute Gasteiger partial charge is 0.265 e. The van der Waals surface area contributed by atoms with Crippen molar-refractivity contribution in [3.63, 3.8) is 0 Å². The predicted molar refractivity (Wildman–Crippen MR) is 108 cm³/mol. The summed E-state index contributed by atoms with van der Waals surface area (Å²) in [6, 6.07) is 12.4. The third-order valence-electron chi connectivity index (χ3n) is 5.39. The summed E-state index contributed by atoms with van der Waals surface area (Å²) in [6.07, 6.45) is 0. The number of aromatic nitrogens is 2. The van der Waals surface area contributed by atoms with Crippen molar-refractivity contribution in [1.29, 1.82) is 0 Å². The topological polar surface area (TPSA) is 44.2 Å². The lowest BCUT2D eigenvalue weighted by Gasteiger charge is -2.34. The highest BCUT2D eigenvalue weighted by molar-refractivity contribution is 6.98. The fourth-order valence-electron chi connectivity index (χ4n) is 4.03. The second kappa shape index (κ2) is 5.35. The fraction of sp³-hybridized carbons (Fsp3) is 0.273. The minimum Gasteiger partial charge on any atom is -0.440 e. The van der Waals surface area contributed by atoms with Gasteiger partial charge in [-0.3, -0.25) is 0 Å². The van der Waals surface area contributed by atoms with Crippen molar-refractivity contribution >= 4 is 23.1 Å². The van der Waals surface area contributed by atoms with Crippen LogP contribution in [0.25, 0.3) is 0 Å². The highest BCUT2D eigenvalue weighted by atomic mass is 16.5. The highest BCUT2D eigenvalue weighted by Gasteiger charge is 2.44. The zero-order valence-electron chi connectivity index (χ0n) is 16.3. The Morgan fingerprint density at radius 1 is 0.741 bits per heavy atom. The molecule has 0 atom stereocenters. The van der Waals surface area contributed by atoms with Gasteiger partial charge in [0.05, 0.1) is 5.46 Å². The SMILES string of the molecule is Cc1cccc2c1B1c3c(C)cccc3Oc3nc(C(C)(C)C)nc(c31)O2. The summed E-state index contributed by atoms with van der Waals surface area (Å²) in [6.45, 7) is 10.6. The van der Waals surface area contributed by atoms with Crippen LogP contribution in [-0.2, 0) is 5.41 Å². The lowest BCUT2D eigenvalue weighted by Crippen LogP contribution is -2.59. The van der Waals surface area contributed by atoms with Gasteiger partial charge in [-0.2, -0.15) is 9.97 Å². The Morgan fingerprint density at radius 3 is 1.67 bits per heavy atom. The van der Waals surface area contributed by atoms with Crippen molar-refractivity contribution in [3.8, 4) is 23.3 Å². The van der Waals surface area contributed by atoms with Crippen LogP contribution in [0.3, 0.4) is 0 Å². The lowest BCUT2D eigenvalue weighted by molar-refractivity contribution is 0.418. The third-order valence-corrected chi connectivity index (χ3v) is 5.39.